The fourth-order valence-corrected chi connectivity index (χ4v) is 8.15. The van der Waals surface area contributed by atoms with Gasteiger partial charge in [0.25, 0.3) is 6.47 Å². The smallest absolute Gasteiger partial charge is 0.410 e. The third-order valence-corrected chi connectivity index (χ3v) is 11.4. The van der Waals surface area contributed by atoms with Gasteiger partial charge in [0.05, 0.1) is 46.1 Å². The largest absolute Gasteiger partial charge is 0.465 e. The molecule has 4 aromatic heterocycles. The number of thiophene rings is 4. The maximum absolute atomic E-state index is 12.8. The lowest BCUT2D eigenvalue weighted by atomic mass is 10.1. The van der Waals surface area contributed by atoms with Crippen molar-refractivity contribution in [2.45, 2.75) is 51.3 Å². The van der Waals surface area contributed by atoms with Gasteiger partial charge in [0.1, 0.15) is 19.4 Å². The number of hydrogen-bond donors (Lipinski definition) is 0. The molecule has 4 rings (SSSR count). The summed E-state index contributed by atoms with van der Waals surface area (Å²) in [5.41, 5.74) is 0. The van der Waals surface area contributed by atoms with E-state index in [0.29, 0.717) is 59.2 Å². The van der Waals surface area contributed by atoms with Crippen molar-refractivity contribution in [3.05, 3.63) is 89.6 Å². The van der Waals surface area contributed by atoms with Crippen LogP contribution in [0.25, 0.3) is 0 Å². The molecule has 0 fully saturated rings. The first-order chi connectivity index (χ1) is 25.5. The van der Waals surface area contributed by atoms with E-state index >= 15 is 0 Å². The molecular formula is C37H51N3O8S4. The van der Waals surface area contributed by atoms with Gasteiger partial charge in [-0.3, -0.25) is 14.6 Å². The van der Waals surface area contributed by atoms with Crippen LogP contribution in [0, 0.1) is 0 Å². The number of carbonyl (C=O) groups is 2. The average molecular weight is 794 g/mol. The van der Waals surface area contributed by atoms with Crippen molar-refractivity contribution < 1.29 is 38.0 Å². The van der Waals surface area contributed by atoms with E-state index in [0.717, 1.165) is 35.7 Å². The Kier molecular flexibility index (Phi) is 20.5. The predicted octanol–water partition coefficient (Wildman–Crippen LogP) is 7.05. The van der Waals surface area contributed by atoms with E-state index in [-0.39, 0.29) is 38.2 Å². The third kappa shape index (κ3) is 16.5. The molecule has 11 nitrogen and oxygen atoms in total. The summed E-state index contributed by atoms with van der Waals surface area (Å²) in [4.78, 5) is 34.4. The van der Waals surface area contributed by atoms with Crippen LogP contribution >= 0.6 is 45.3 Å². The quantitative estimate of drug-likeness (QED) is 0.0323. The van der Waals surface area contributed by atoms with Gasteiger partial charge < -0.3 is 33.3 Å². The normalized spacial score (nSPS) is 12.7. The second-order valence-corrected chi connectivity index (χ2v) is 16.1. The monoisotopic (exact) mass is 793 g/mol. The van der Waals surface area contributed by atoms with Crippen LogP contribution < -0.4 is 0 Å². The molecule has 0 N–H and O–H groups in total. The number of amides is 1. The fraction of sp³-hybridized carbons (Fsp3) is 0.514. The maximum atomic E-state index is 12.8. The van der Waals surface area contributed by atoms with Crippen LogP contribution in [0.3, 0.4) is 0 Å². The topological polar surface area (TPSA) is 99.2 Å². The minimum atomic E-state index is -0.346. The number of ether oxygens (including phenoxy) is 6. The lowest BCUT2D eigenvalue weighted by Gasteiger charge is -2.31. The first-order valence-corrected chi connectivity index (χ1v) is 20.9. The molecule has 2 atom stereocenters. The van der Waals surface area contributed by atoms with Crippen LogP contribution in [0.2, 0.25) is 0 Å². The maximum Gasteiger partial charge on any atom is 0.410 e. The van der Waals surface area contributed by atoms with E-state index in [1.54, 1.807) is 50.2 Å². The first-order valence-electron chi connectivity index (χ1n) is 17.3. The summed E-state index contributed by atoms with van der Waals surface area (Å²) in [6.45, 7) is 6.36. The summed E-state index contributed by atoms with van der Waals surface area (Å²) >= 11 is 6.68. The van der Waals surface area contributed by atoms with Crippen LogP contribution in [0.4, 0.5) is 4.79 Å². The molecule has 4 heterocycles. The summed E-state index contributed by atoms with van der Waals surface area (Å²) in [5.74, 6) is 0. The minimum absolute atomic E-state index is 0.186. The van der Waals surface area contributed by atoms with Gasteiger partial charge >= 0.3 is 6.09 Å². The Morgan fingerprint density at radius 3 is 1.65 bits per heavy atom. The Balaban J connectivity index is 1.11. The van der Waals surface area contributed by atoms with Crippen LogP contribution in [-0.4, -0.2) is 113 Å². The van der Waals surface area contributed by atoms with Crippen LogP contribution in [-0.2, 0) is 59.4 Å². The van der Waals surface area contributed by atoms with E-state index in [4.69, 9.17) is 28.4 Å². The van der Waals surface area contributed by atoms with E-state index in [1.807, 2.05) is 35.0 Å². The van der Waals surface area contributed by atoms with Gasteiger partial charge in [0, 0.05) is 51.9 Å². The molecule has 0 aromatic carbocycles. The van der Waals surface area contributed by atoms with Crippen molar-refractivity contribution in [3.63, 3.8) is 0 Å². The zero-order valence-electron chi connectivity index (χ0n) is 30.0. The van der Waals surface area contributed by atoms with Crippen molar-refractivity contribution in [1.29, 1.82) is 0 Å². The van der Waals surface area contributed by atoms with E-state index in [1.165, 1.54) is 9.75 Å². The van der Waals surface area contributed by atoms with Crippen molar-refractivity contribution in [3.8, 4) is 0 Å². The molecule has 1 amide bonds. The van der Waals surface area contributed by atoms with Crippen LogP contribution in [0.1, 0.15) is 32.4 Å². The molecule has 52 heavy (non-hydrogen) atoms. The molecule has 0 aliphatic rings. The molecule has 0 radical (unpaired) electrons. The highest BCUT2D eigenvalue weighted by Gasteiger charge is 2.22. The summed E-state index contributed by atoms with van der Waals surface area (Å²) in [6, 6.07) is 16.7. The van der Waals surface area contributed by atoms with Gasteiger partial charge in [-0.1, -0.05) is 24.3 Å². The molecule has 4 aromatic rings. The second-order valence-electron chi connectivity index (χ2n) is 12.0. The zero-order valence-corrected chi connectivity index (χ0v) is 33.3. The average Bonchev–Trinajstić information content (AvgIpc) is 3.99. The van der Waals surface area contributed by atoms with Crippen LogP contribution in [0.5, 0.6) is 0 Å². The van der Waals surface area contributed by atoms with Gasteiger partial charge in [-0.05, 0) is 72.7 Å². The van der Waals surface area contributed by atoms with Gasteiger partial charge in [-0.25, -0.2) is 4.79 Å². The van der Waals surface area contributed by atoms with E-state index < -0.39 is 0 Å². The molecule has 2 unspecified atom stereocenters. The Morgan fingerprint density at radius 2 is 1.15 bits per heavy atom. The first kappa shape index (κ1) is 42.0. The molecule has 0 aliphatic carbocycles. The van der Waals surface area contributed by atoms with Crippen molar-refractivity contribution >= 4 is 57.9 Å². The zero-order chi connectivity index (χ0) is 36.6. The predicted molar refractivity (Wildman–Crippen MR) is 208 cm³/mol. The molecule has 0 saturated heterocycles. The molecule has 0 saturated carbocycles. The SMILES string of the molecule is CN(C)C(CCOCCOCCOC(=O)N(Cc1cccs1)Cc1cccs1)CCOCC(OCCOC=O)N(Cc1cccs1)Cc1cccs1. The highest BCUT2D eigenvalue weighted by Crippen LogP contribution is 2.21. The number of hydrogen-bond acceptors (Lipinski definition) is 14. The Hall–Kier alpha value is -2.70. The van der Waals surface area contributed by atoms with Gasteiger partial charge in [0.2, 0.25) is 0 Å². The molecule has 0 spiro atoms. The van der Waals surface area contributed by atoms with Gasteiger partial charge in [0.15, 0.2) is 0 Å². The van der Waals surface area contributed by atoms with Crippen molar-refractivity contribution in [2.24, 2.45) is 0 Å². The van der Waals surface area contributed by atoms with Gasteiger partial charge in [-0.2, -0.15) is 0 Å². The standard InChI is InChI=1S/C37H51N3O8S4/c1-38(2)31(11-13-43-15-16-44-17-20-48-37(42)40(27-34-9-5-23-51-34)28-35-10-6-24-52-35)12-14-45-29-36(47-19-18-46-30-41)39(25-32-7-3-21-49-32)26-33-8-4-22-50-33/h3-10,21-24,30-31,36H,11-20,25-29H2,1-2H3. The van der Waals surface area contributed by atoms with Crippen molar-refractivity contribution in [2.75, 3.05) is 73.6 Å². The second kappa shape index (κ2) is 25.3. The molecule has 15 heteroatoms. The van der Waals surface area contributed by atoms with Crippen molar-refractivity contribution in [1.82, 2.24) is 14.7 Å². The van der Waals surface area contributed by atoms with E-state index in [9.17, 15) is 9.59 Å². The number of nitrogens with zero attached hydrogens (tertiary/aromatic N) is 3. The Labute approximate surface area is 323 Å². The lowest BCUT2D eigenvalue weighted by Crippen LogP contribution is -2.40. The lowest BCUT2D eigenvalue weighted by molar-refractivity contribution is -0.138. The number of carbonyl (C=O) groups excluding carboxylic acids is 2. The molecular weight excluding hydrogens is 743 g/mol. The summed E-state index contributed by atoms with van der Waals surface area (Å²) in [6.07, 6.45) is 1.04. The van der Waals surface area contributed by atoms with Gasteiger partial charge in [-0.15, -0.1) is 45.3 Å². The van der Waals surface area contributed by atoms with E-state index in [2.05, 4.69) is 58.9 Å². The molecule has 0 bridgehead atoms. The summed E-state index contributed by atoms with van der Waals surface area (Å²) in [7, 11) is 4.14. The summed E-state index contributed by atoms with van der Waals surface area (Å²) in [5, 5.41) is 8.18. The highest BCUT2D eigenvalue weighted by molar-refractivity contribution is 7.10. The highest BCUT2D eigenvalue weighted by atomic mass is 32.1. The number of rotatable bonds is 29. The van der Waals surface area contributed by atoms with Crippen LogP contribution in [0.15, 0.2) is 70.1 Å². The molecule has 0 aliphatic heterocycles. The fourth-order valence-electron chi connectivity index (χ4n) is 5.26. The molecule has 286 valence electrons. The summed E-state index contributed by atoms with van der Waals surface area (Å²) < 4.78 is 34.4. The Bertz CT molecular complexity index is 1370. The third-order valence-electron chi connectivity index (χ3n) is 7.98. The minimum Gasteiger partial charge on any atom is -0.465 e. The Morgan fingerprint density at radius 1 is 0.654 bits per heavy atom.